The Morgan fingerprint density at radius 2 is 1.96 bits per heavy atom. The van der Waals surface area contributed by atoms with E-state index in [1.54, 1.807) is 25.3 Å². The van der Waals surface area contributed by atoms with Gasteiger partial charge in [0.1, 0.15) is 5.83 Å². The third kappa shape index (κ3) is 5.36. The molecule has 0 unspecified atom stereocenters. The highest BCUT2D eigenvalue weighted by atomic mass is 19.1. The van der Waals surface area contributed by atoms with Crippen molar-refractivity contribution in [3.8, 4) is 0 Å². The number of aromatic nitrogens is 1. The summed E-state index contributed by atoms with van der Waals surface area (Å²) in [5, 5.41) is 11.7. The van der Waals surface area contributed by atoms with Gasteiger partial charge in [0.15, 0.2) is 0 Å². The number of nitrogens with zero attached hydrogens (tertiary/aromatic N) is 1. The number of rotatable bonds is 7. The van der Waals surface area contributed by atoms with Crippen molar-refractivity contribution in [1.82, 2.24) is 10.3 Å². The number of aliphatic hydroxyl groups excluding tert-OH is 1. The second-order valence-electron chi connectivity index (χ2n) is 5.70. The smallest absolute Gasteiger partial charge is 0.251 e. The van der Waals surface area contributed by atoms with Crippen molar-refractivity contribution in [2.24, 2.45) is 0 Å². The molecule has 0 aliphatic carbocycles. The maximum Gasteiger partial charge on any atom is 0.251 e. The van der Waals surface area contributed by atoms with Gasteiger partial charge >= 0.3 is 0 Å². The molecule has 0 saturated heterocycles. The molecule has 25 heavy (non-hydrogen) atoms. The molecule has 1 amide bonds. The van der Waals surface area contributed by atoms with Gasteiger partial charge in [-0.25, -0.2) is 4.39 Å². The van der Waals surface area contributed by atoms with E-state index >= 15 is 0 Å². The number of hydrogen-bond acceptors (Lipinski definition) is 3. The Bertz CT molecular complexity index is 783. The summed E-state index contributed by atoms with van der Waals surface area (Å²) >= 11 is 0. The minimum absolute atomic E-state index is 0.00843. The Kier molecular flexibility index (Phi) is 6.60. The maximum absolute atomic E-state index is 13.3. The minimum Gasteiger partial charge on any atom is -0.392 e. The van der Waals surface area contributed by atoms with E-state index < -0.39 is 5.83 Å². The lowest BCUT2D eigenvalue weighted by atomic mass is 10.1. The van der Waals surface area contributed by atoms with Crippen LogP contribution < -0.4 is 5.32 Å². The Balaban J connectivity index is 2.04. The van der Waals surface area contributed by atoms with Crippen LogP contribution in [0.25, 0.3) is 0 Å². The lowest BCUT2D eigenvalue weighted by Gasteiger charge is -2.08. The number of allylic oxidation sites excluding steroid dienone is 2. The van der Waals surface area contributed by atoms with Gasteiger partial charge in [-0.05, 0) is 41.8 Å². The van der Waals surface area contributed by atoms with Gasteiger partial charge in [-0.3, -0.25) is 9.78 Å². The molecule has 4 nitrogen and oxygen atoms in total. The molecule has 0 saturated carbocycles. The van der Waals surface area contributed by atoms with Crippen molar-refractivity contribution in [3.63, 3.8) is 0 Å². The van der Waals surface area contributed by atoms with E-state index in [9.17, 15) is 9.18 Å². The highest BCUT2D eigenvalue weighted by Crippen LogP contribution is 2.11. The Hall–Kier alpha value is -2.79. The Labute approximate surface area is 146 Å². The quantitative estimate of drug-likeness (QED) is 0.760. The number of carbonyl (C=O) groups is 1. The molecule has 0 spiro atoms. The number of halogens is 1. The third-order valence-electron chi connectivity index (χ3n) is 3.77. The molecule has 5 heteroatoms. The van der Waals surface area contributed by atoms with Crippen LogP contribution in [-0.4, -0.2) is 22.5 Å². The number of amides is 1. The van der Waals surface area contributed by atoms with Crippen LogP contribution in [0.3, 0.4) is 0 Å². The van der Waals surface area contributed by atoms with E-state index in [-0.39, 0.29) is 19.1 Å². The van der Waals surface area contributed by atoms with Crippen molar-refractivity contribution in [2.75, 3.05) is 6.54 Å². The monoisotopic (exact) mass is 340 g/mol. The summed E-state index contributed by atoms with van der Waals surface area (Å²) in [6, 6.07) is 10.9. The highest BCUT2D eigenvalue weighted by Gasteiger charge is 2.08. The molecule has 0 aliphatic rings. The standard InChI is InChI=1S/C20H21FN2O2/c1-3-19(21)14(2)12-23-20(25)17-8-9-22-18(11-17)10-15-4-6-16(13-24)7-5-15/h3-9,11,24H,1,10,12-13H2,2H3,(H,23,25)/b19-14-. The predicted octanol–water partition coefficient (Wildman–Crippen LogP) is 3.32. The van der Waals surface area contributed by atoms with E-state index in [0.29, 0.717) is 17.6 Å². The summed E-state index contributed by atoms with van der Waals surface area (Å²) in [6.45, 7) is 5.09. The molecule has 2 aromatic rings. The molecule has 0 atom stereocenters. The molecule has 1 aromatic heterocycles. The second kappa shape index (κ2) is 8.89. The van der Waals surface area contributed by atoms with Gasteiger partial charge < -0.3 is 10.4 Å². The van der Waals surface area contributed by atoms with Crippen molar-refractivity contribution < 1.29 is 14.3 Å². The fourth-order valence-corrected chi connectivity index (χ4v) is 2.26. The molecule has 0 bridgehead atoms. The molecule has 1 heterocycles. The first-order chi connectivity index (χ1) is 12.0. The molecule has 0 aliphatic heterocycles. The molecule has 0 fully saturated rings. The van der Waals surface area contributed by atoms with Gasteiger partial charge in [0.2, 0.25) is 0 Å². The van der Waals surface area contributed by atoms with Crippen LogP contribution in [0.4, 0.5) is 4.39 Å². The zero-order valence-corrected chi connectivity index (χ0v) is 14.1. The van der Waals surface area contributed by atoms with E-state index in [1.807, 2.05) is 24.3 Å². The zero-order chi connectivity index (χ0) is 18.2. The van der Waals surface area contributed by atoms with Gasteiger partial charge in [-0.15, -0.1) is 0 Å². The average molecular weight is 340 g/mol. The second-order valence-corrected chi connectivity index (χ2v) is 5.70. The van der Waals surface area contributed by atoms with E-state index in [2.05, 4.69) is 16.9 Å². The summed E-state index contributed by atoms with van der Waals surface area (Å²) in [5.74, 6) is -0.711. The average Bonchev–Trinajstić information content (AvgIpc) is 2.66. The SMILES string of the molecule is C=C/C(F)=C(\C)CNC(=O)c1ccnc(Cc2ccc(CO)cc2)c1. The molecule has 130 valence electrons. The molecular weight excluding hydrogens is 319 g/mol. The van der Waals surface area contributed by atoms with Gasteiger partial charge in [0, 0.05) is 30.4 Å². The van der Waals surface area contributed by atoms with Crippen molar-refractivity contribution >= 4 is 5.91 Å². The third-order valence-corrected chi connectivity index (χ3v) is 3.77. The number of benzene rings is 1. The fourth-order valence-electron chi connectivity index (χ4n) is 2.26. The van der Waals surface area contributed by atoms with Gasteiger partial charge in [0.05, 0.1) is 6.61 Å². The minimum atomic E-state index is -0.429. The molecule has 2 rings (SSSR count). The largest absolute Gasteiger partial charge is 0.392 e. The maximum atomic E-state index is 13.3. The number of aliphatic hydroxyl groups is 1. The summed E-state index contributed by atoms with van der Waals surface area (Å²) in [7, 11) is 0. The number of carbonyl (C=O) groups excluding carboxylic acids is 1. The Morgan fingerprint density at radius 3 is 2.60 bits per heavy atom. The normalized spacial score (nSPS) is 11.6. The zero-order valence-electron chi connectivity index (χ0n) is 14.1. The van der Waals surface area contributed by atoms with Crippen LogP contribution in [0.5, 0.6) is 0 Å². The number of nitrogens with one attached hydrogen (secondary N) is 1. The first-order valence-electron chi connectivity index (χ1n) is 7.93. The lowest BCUT2D eigenvalue weighted by Crippen LogP contribution is -2.25. The number of hydrogen-bond donors (Lipinski definition) is 2. The molecule has 1 aromatic carbocycles. The van der Waals surface area contributed by atoms with Crippen LogP contribution in [0.1, 0.15) is 34.1 Å². The van der Waals surface area contributed by atoms with E-state index in [4.69, 9.17) is 5.11 Å². The van der Waals surface area contributed by atoms with Crippen molar-refractivity contribution in [3.05, 3.63) is 89.0 Å². The van der Waals surface area contributed by atoms with Crippen LogP contribution in [-0.2, 0) is 13.0 Å². The highest BCUT2D eigenvalue weighted by molar-refractivity contribution is 5.94. The van der Waals surface area contributed by atoms with Crippen molar-refractivity contribution in [1.29, 1.82) is 0 Å². The van der Waals surface area contributed by atoms with Gasteiger partial charge in [-0.2, -0.15) is 0 Å². The fraction of sp³-hybridized carbons (Fsp3) is 0.200. The lowest BCUT2D eigenvalue weighted by molar-refractivity contribution is 0.0956. The molecular formula is C20H21FN2O2. The van der Waals surface area contributed by atoms with Crippen LogP contribution >= 0.6 is 0 Å². The first-order valence-corrected chi connectivity index (χ1v) is 7.93. The summed E-state index contributed by atoms with van der Waals surface area (Å²) in [5.41, 5.74) is 3.54. The topological polar surface area (TPSA) is 62.2 Å². The van der Waals surface area contributed by atoms with Crippen molar-refractivity contribution in [2.45, 2.75) is 20.0 Å². The molecule has 2 N–H and O–H groups in total. The van der Waals surface area contributed by atoms with Crippen LogP contribution in [0, 0.1) is 0 Å². The molecule has 0 radical (unpaired) electrons. The van der Waals surface area contributed by atoms with E-state index in [1.165, 1.54) is 0 Å². The van der Waals surface area contributed by atoms with Gasteiger partial charge in [-0.1, -0.05) is 30.8 Å². The summed E-state index contributed by atoms with van der Waals surface area (Å²) in [4.78, 5) is 16.5. The van der Waals surface area contributed by atoms with Gasteiger partial charge in [0.25, 0.3) is 5.91 Å². The Morgan fingerprint density at radius 1 is 1.28 bits per heavy atom. The number of pyridine rings is 1. The predicted molar refractivity (Wildman–Crippen MR) is 95.7 cm³/mol. The van der Waals surface area contributed by atoms with E-state index in [0.717, 1.165) is 22.9 Å². The van der Waals surface area contributed by atoms with Crippen LogP contribution in [0.15, 0.2) is 66.6 Å². The summed E-state index contributed by atoms with van der Waals surface area (Å²) < 4.78 is 13.3. The summed E-state index contributed by atoms with van der Waals surface area (Å²) in [6.07, 6.45) is 3.28. The van der Waals surface area contributed by atoms with Crippen LogP contribution in [0.2, 0.25) is 0 Å². The first kappa shape index (κ1) is 18.5.